The zero-order valence-electron chi connectivity index (χ0n) is 10.5. The average Bonchev–Trinajstić information content (AvgIpc) is 2.23. The molecule has 0 aliphatic heterocycles. The number of hydrogen-bond acceptors (Lipinski definition) is 0. The summed E-state index contributed by atoms with van der Waals surface area (Å²) in [5, 5.41) is 2.24. The zero-order chi connectivity index (χ0) is 11.7. The average molecular weight is 342 g/mol. The Hall–Kier alpha value is 0.960. The van der Waals surface area contributed by atoms with Crippen molar-refractivity contribution in [1.29, 1.82) is 0 Å². The van der Waals surface area contributed by atoms with Crippen LogP contribution in [-0.4, -0.2) is 10.7 Å². The molecule has 0 aliphatic carbocycles. The lowest BCUT2D eigenvalue weighted by molar-refractivity contribution is 0.239. The first-order valence-electron chi connectivity index (χ1n) is 6.25. The molecule has 0 spiro atoms. The predicted molar refractivity (Wildman–Crippen MR) is 78.2 cm³/mol. The monoisotopic (exact) mass is 340 g/mol. The third-order valence-corrected chi connectivity index (χ3v) is 5.77. The molecule has 0 saturated carbocycles. The van der Waals surface area contributed by atoms with E-state index in [1.807, 2.05) is 0 Å². The van der Waals surface area contributed by atoms with E-state index in [9.17, 15) is 0 Å². The second-order valence-corrected chi connectivity index (χ2v) is 6.07. The van der Waals surface area contributed by atoms with Crippen LogP contribution < -0.4 is 0 Å². The van der Waals surface area contributed by atoms with Crippen LogP contribution in [0.1, 0.15) is 59.3 Å². The van der Waals surface area contributed by atoms with Crippen LogP contribution in [0.15, 0.2) is 0 Å². The second-order valence-electron chi connectivity index (χ2n) is 4.95. The van der Waals surface area contributed by atoms with E-state index >= 15 is 0 Å². The van der Waals surface area contributed by atoms with Gasteiger partial charge in [-0.1, -0.05) is 84.7 Å². The molecule has 0 N–H and O–H groups in total. The largest absolute Gasteiger partial charge is 0.0922 e. The molecule has 0 unspecified atom stereocenters. The van der Waals surface area contributed by atoms with E-state index in [1.165, 1.54) is 38.5 Å². The highest BCUT2D eigenvalue weighted by Gasteiger charge is 2.30. The van der Waals surface area contributed by atoms with Crippen LogP contribution in [0, 0.1) is 11.3 Å². The van der Waals surface area contributed by atoms with Crippen molar-refractivity contribution < 1.29 is 0 Å². The third-order valence-electron chi connectivity index (χ3n) is 3.54. The lowest BCUT2D eigenvalue weighted by atomic mass is 9.77. The highest BCUT2D eigenvalue weighted by Crippen LogP contribution is 2.37. The van der Waals surface area contributed by atoms with Crippen LogP contribution in [0.3, 0.4) is 0 Å². The maximum atomic E-state index is 3.69. The molecule has 0 aliphatic rings. The summed E-state index contributed by atoms with van der Waals surface area (Å²) in [6.07, 6.45) is 8.29. The minimum Gasteiger partial charge on any atom is -0.0922 e. The summed E-state index contributed by atoms with van der Waals surface area (Å²) in [4.78, 5) is 0. The number of hydrogen-bond donors (Lipinski definition) is 0. The van der Waals surface area contributed by atoms with Crippen molar-refractivity contribution >= 4 is 31.9 Å². The molecule has 0 aromatic heterocycles. The van der Waals surface area contributed by atoms with Gasteiger partial charge in [-0.15, -0.1) is 0 Å². The van der Waals surface area contributed by atoms with Crippen LogP contribution in [0.4, 0.5) is 0 Å². The summed E-state index contributed by atoms with van der Waals surface area (Å²) >= 11 is 7.37. The Labute approximate surface area is 113 Å². The van der Waals surface area contributed by atoms with Crippen LogP contribution in [0.25, 0.3) is 0 Å². The molecule has 0 radical (unpaired) electrons. The lowest BCUT2D eigenvalue weighted by Crippen LogP contribution is -2.31. The molecule has 92 valence electrons. The molecule has 0 saturated heterocycles. The standard InChI is InChI=1S/C13H26Br2/c1-4-5-6-7-8-9-13(10-14,11-15)12(2)3/h12H,4-11H2,1-3H3. The summed E-state index contributed by atoms with van der Waals surface area (Å²) in [6.45, 7) is 6.96. The van der Waals surface area contributed by atoms with E-state index in [0.29, 0.717) is 5.41 Å². The molecule has 0 rings (SSSR count). The molecule has 0 aromatic rings. The highest BCUT2D eigenvalue weighted by atomic mass is 79.9. The summed E-state index contributed by atoms with van der Waals surface area (Å²) in [5.74, 6) is 0.752. The van der Waals surface area contributed by atoms with E-state index in [0.717, 1.165) is 16.6 Å². The summed E-state index contributed by atoms with van der Waals surface area (Å²) in [6, 6.07) is 0. The van der Waals surface area contributed by atoms with Crippen molar-refractivity contribution in [2.75, 3.05) is 10.7 Å². The van der Waals surface area contributed by atoms with Gasteiger partial charge in [-0.2, -0.15) is 0 Å². The van der Waals surface area contributed by atoms with Crippen molar-refractivity contribution in [3.8, 4) is 0 Å². The van der Waals surface area contributed by atoms with Gasteiger partial charge in [0.15, 0.2) is 0 Å². The van der Waals surface area contributed by atoms with E-state index < -0.39 is 0 Å². The summed E-state index contributed by atoms with van der Waals surface area (Å²) in [7, 11) is 0. The van der Waals surface area contributed by atoms with Crippen molar-refractivity contribution in [2.24, 2.45) is 11.3 Å². The first-order chi connectivity index (χ1) is 7.13. The van der Waals surface area contributed by atoms with Crippen molar-refractivity contribution in [2.45, 2.75) is 59.3 Å². The molecule has 2 heteroatoms. The van der Waals surface area contributed by atoms with Gasteiger partial charge >= 0.3 is 0 Å². The molecule has 0 aromatic carbocycles. The van der Waals surface area contributed by atoms with Crippen LogP contribution in [0.2, 0.25) is 0 Å². The Kier molecular flexibility index (Phi) is 9.62. The van der Waals surface area contributed by atoms with E-state index in [2.05, 4.69) is 52.6 Å². The molecular weight excluding hydrogens is 316 g/mol. The summed E-state index contributed by atoms with van der Waals surface area (Å²) < 4.78 is 0. The maximum Gasteiger partial charge on any atom is 0.00984 e. The first-order valence-corrected chi connectivity index (χ1v) is 8.49. The zero-order valence-corrected chi connectivity index (χ0v) is 13.7. The molecule has 0 bridgehead atoms. The van der Waals surface area contributed by atoms with Crippen LogP contribution in [-0.2, 0) is 0 Å². The molecule has 0 amide bonds. The minimum absolute atomic E-state index is 0.464. The van der Waals surface area contributed by atoms with Gasteiger partial charge < -0.3 is 0 Å². The molecule has 0 fully saturated rings. The van der Waals surface area contributed by atoms with Crippen LogP contribution >= 0.6 is 31.9 Å². The van der Waals surface area contributed by atoms with E-state index in [-0.39, 0.29) is 0 Å². The van der Waals surface area contributed by atoms with Crippen LogP contribution in [0.5, 0.6) is 0 Å². The van der Waals surface area contributed by atoms with Gasteiger partial charge in [0.05, 0.1) is 0 Å². The normalized spacial score (nSPS) is 12.4. The third kappa shape index (κ3) is 5.72. The number of alkyl halides is 2. The summed E-state index contributed by atoms with van der Waals surface area (Å²) in [5.41, 5.74) is 0.464. The number of unbranched alkanes of at least 4 members (excludes halogenated alkanes) is 4. The number of halogens is 2. The van der Waals surface area contributed by atoms with Crippen molar-refractivity contribution in [3.05, 3.63) is 0 Å². The van der Waals surface area contributed by atoms with Gasteiger partial charge in [-0.05, 0) is 17.8 Å². The van der Waals surface area contributed by atoms with Crippen molar-refractivity contribution in [1.82, 2.24) is 0 Å². The van der Waals surface area contributed by atoms with Crippen molar-refractivity contribution in [3.63, 3.8) is 0 Å². The molecule has 0 atom stereocenters. The fraction of sp³-hybridized carbons (Fsp3) is 1.00. The Balaban J connectivity index is 3.86. The molecule has 15 heavy (non-hydrogen) atoms. The highest BCUT2D eigenvalue weighted by molar-refractivity contribution is 9.09. The smallest absolute Gasteiger partial charge is 0.00984 e. The second kappa shape index (κ2) is 9.04. The van der Waals surface area contributed by atoms with E-state index in [4.69, 9.17) is 0 Å². The lowest BCUT2D eigenvalue weighted by Gasteiger charge is -2.34. The van der Waals surface area contributed by atoms with Gasteiger partial charge in [-0.25, -0.2) is 0 Å². The fourth-order valence-corrected chi connectivity index (χ4v) is 4.63. The van der Waals surface area contributed by atoms with E-state index in [1.54, 1.807) is 0 Å². The topological polar surface area (TPSA) is 0 Å². The Morgan fingerprint density at radius 1 is 0.933 bits per heavy atom. The van der Waals surface area contributed by atoms with Gasteiger partial charge in [0, 0.05) is 10.7 Å². The predicted octanol–water partition coefficient (Wildman–Crippen LogP) is 5.78. The molecular formula is C13H26Br2. The maximum absolute atomic E-state index is 3.69. The quantitative estimate of drug-likeness (QED) is 0.368. The minimum atomic E-state index is 0.464. The van der Waals surface area contributed by atoms with Gasteiger partial charge in [0.1, 0.15) is 0 Å². The first kappa shape index (κ1) is 16.0. The Morgan fingerprint density at radius 2 is 1.47 bits per heavy atom. The number of rotatable bonds is 9. The molecule has 0 nitrogen and oxygen atoms in total. The SMILES string of the molecule is CCCCCCCC(CBr)(CBr)C(C)C. The Bertz CT molecular complexity index is 139. The Morgan fingerprint density at radius 3 is 1.87 bits per heavy atom. The fourth-order valence-electron chi connectivity index (χ4n) is 1.85. The van der Waals surface area contributed by atoms with Gasteiger partial charge in [-0.3, -0.25) is 0 Å². The van der Waals surface area contributed by atoms with Gasteiger partial charge in [0.25, 0.3) is 0 Å². The van der Waals surface area contributed by atoms with Gasteiger partial charge in [0.2, 0.25) is 0 Å². The molecule has 0 heterocycles.